The van der Waals surface area contributed by atoms with E-state index in [1.54, 1.807) is 0 Å². The summed E-state index contributed by atoms with van der Waals surface area (Å²) < 4.78 is 108. The van der Waals surface area contributed by atoms with Crippen LogP contribution in [0.1, 0.15) is 24.8 Å². The van der Waals surface area contributed by atoms with Crippen LogP contribution in [0.4, 0.5) is 38.0 Å². The topological polar surface area (TPSA) is 96.9 Å². The highest BCUT2D eigenvalue weighted by Gasteiger charge is 2.28. The van der Waals surface area contributed by atoms with E-state index >= 15 is 0 Å². The number of hydrogen-bond donors (Lipinski definition) is 2. The first kappa shape index (κ1) is 28.3. The van der Waals surface area contributed by atoms with Gasteiger partial charge in [0.2, 0.25) is 5.95 Å². The van der Waals surface area contributed by atoms with Gasteiger partial charge in [0.05, 0.1) is 27.0 Å². The maximum atomic E-state index is 14.7. The lowest BCUT2D eigenvalue weighted by Gasteiger charge is -2.12. The largest absolute Gasteiger partial charge is 0.405 e. The molecule has 0 aliphatic heterocycles. The molecule has 0 saturated heterocycles. The van der Waals surface area contributed by atoms with E-state index in [2.05, 4.69) is 20.3 Å². The molecule has 0 atom stereocenters. The number of aromatic nitrogens is 3. The minimum absolute atomic E-state index is 0.0744. The number of halogens is 6. The smallest absolute Gasteiger partial charge is 0.345 e. The lowest BCUT2D eigenvalue weighted by atomic mass is 10.1. The average molecular weight is 588 g/mol. The predicted octanol–water partition coefficient (Wildman–Crippen LogP) is 6.58. The molecular formula is C24H19F6N5O2S2. The van der Waals surface area contributed by atoms with Crippen molar-refractivity contribution in [2.75, 3.05) is 16.6 Å². The zero-order chi connectivity index (χ0) is 28.5. The molecular weight excluding hydrogens is 568 g/mol. The van der Waals surface area contributed by atoms with E-state index in [0.717, 1.165) is 30.3 Å². The highest BCUT2D eigenvalue weighted by atomic mass is 32.2. The van der Waals surface area contributed by atoms with Gasteiger partial charge in [-0.05, 0) is 36.4 Å². The van der Waals surface area contributed by atoms with Crippen molar-refractivity contribution in [3.63, 3.8) is 0 Å². The lowest BCUT2D eigenvalue weighted by Crippen LogP contribution is -2.22. The van der Waals surface area contributed by atoms with Gasteiger partial charge in [-0.15, -0.1) is 11.3 Å². The molecule has 4 aromatic rings. The monoisotopic (exact) mass is 587 g/mol. The molecule has 2 N–H and O–H groups in total. The van der Waals surface area contributed by atoms with Crippen molar-refractivity contribution >= 4 is 33.0 Å². The van der Waals surface area contributed by atoms with Crippen molar-refractivity contribution in [1.29, 1.82) is 0 Å². The third-order valence-corrected chi connectivity index (χ3v) is 7.94. The van der Waals surface area contributed by atoms with Crippen LogP contribution in [-0.4, -0.2) is 36.1 Å². The Bertz CT molecular complexity index is 1600. The number of nitrogens with zero attached hydrogens (tertiary/aromatic N) is 3. The molecule has 2 heterocycles. The van der Waals surface area contributed by atoms with E-state index in [1.807, 2.05) is 18.6 Å². The van der Waals surface area contributed by atoms with Crippen molar-refractivity contribution in [3.05, 3.63) is 71.1 Å². The molecule has 206 valence electrons. The number of anilines is 2. The van der Waals surface area contributed by atoms with Gasteiger partial charge in [0.25, 0.3) is 10.0 Å². The summed E-state index contributed by atoms with van der Waals surface area (Å²) in [6.07, 6.45) is -3.24. The maximum Gasteiger partial charge on any atom is 0.405 e. The van der Waals surface area contributed by atoms with Gasteiger partial charge >= 0.3 is 6.18 Å². The fourth-order valence-corrected chi connectivity index (χ4v) is 5.65. The molecule has 39 heavy (non-hydrogen) atoms. The zero-order valence-electron chi connectivity index (χ0n) is 20.1. The van der Waals surface area contributed by atoms with Crippen molar-refractivity contribution < 1.29 is 34.8 Å². The Labute approximate surface area is 223 Å². The number of alkyl halides is 3. The number of thiazole rings is 1. The second-order valence-electron chi connectivity index (χ2n) is 8.47. The van der Waals surface area contributed by atoms with E-state index in [4.69, 9.17) is 0 Å². The SMILES string of the molecule is CC(C)c1nc(-c2ccc(F)c(NS(=O)(=O)c3c(F)cccc3F)c2)c(-c2ccnc(NCC(F)(F)F)n2)s1. The predicted molar refractivity (Wildman–Crippen MR) is 134 cm³/mol. The Morgan fingerprint density at radius 3 is 2.31 bits per heavy atom. The van der Waals surface area contributed by atoms with E-state index in [1.165, 1.54) is 29.7 Å². The molecule has 0 bridgehead atoms. The van der Waals surface area contributed by atoms with Crippen molar-refractivity contribution in [3.8, 4) is 21.8 Å². The fourth-order valence-electron chi connectivity index (χ4n) is 3.39. The molecule has 0 spiro atoms. The van der Waals surface area contributed by atoms with Crippen LogP contribution in [0.2, 0.25) is 0 Å². The molecule has 7 nitrogen and oxygen atoms in total. The summed E-state index contributed by atoms with van der Waals surface area (Å²) in [5.74, 6) is -4.10. The summed E-state index contributed by atoms with van der Waals surface area (Å²) in [5, 5.41) is 2.71. The Morgan fingerprint density at radius 1 is 0.974 bits per heavy atom. The van der Waals surface area contributed by atoms with Crippen LogP contribution in [-0.2, 0) is 10.0 Å². The average Bonchev–Trinajstić information content (AvgIpc) is 3.29. The van der Waals surface area contributed by atoms with E-state index in [0.29, 0.717) is 9.88 Å². The second-order valence-corrected chi connectivity index (χ2v) is 11.1. The first-order valence-corrected chi connectivity index (χ1v) is 13.5. The highest BCUT2D eigenvalue weighted by molar-refractivity contribution is 7.92. The molecule has 2 aromatic carbocycles. The Balaban J connectivity index is 1.76. The van der Waals surface area contributed by atoms with Crippen LogP contribution in [0.15, 0.2) is 53.6 Å². The third-order valence-electron chi connectivity index (χ3n) is 5.14. The normalized spacial score (nSPS) is 12.1. The van der Waals surface area contributed by atoms with Gasteiger partial charge in [0.1, 0.15) is 24.0 Å². The van der Waals surface area contributed by atoms with Crippen molar-refractivity contribution in [1.82, 2.24) is 15.0 Å². The number of sulfonamides is 1. The molecule has 0 radical (unpaired) electrons. The van der Waals surface area contributed by atoms with Crippen LogP contribution < -0.4 is 10.0 Å². The molecule has 0 amide bonds. The summed E-state index contributed by atoms with van der Waals surface area (Å²) >= 11 is 1.19. The molecule has 0 unspecified atom stereocenters. The number of rotatable bonds is 8. The highest BCUT2D eigenvalue weighted by Crippen LogP contribution is 2.40. The Morgan fingerprint density at radius 2 is 1.67 bits per heavy atom. The van der Waals surface area contributed by atoms with Crippen LogP contribution in [0.5, 0.6) is 0 Å². The minimum Gasteiger partial charge on any atom is -0.345 e. The second kappa shape index (κ2) is 10.8. The molecule has 0 saturated carbocycles. The maximum absolute atomic E-state index is 14.7. The Hall–Kier alpha value is -3.72. The Kier molecular flexibility index (Phi) is 7.84. The lowest BCUT2D eigenvalue weighted by molar-refractivity contribution is -0.115. The van der Waals surface area contributed by atoms with Crippen molar-refractivity contribution in [2.24, 2.45) is 0 Å². The molecule has 0 fully saturated rings. The van der Waals surface area contributed by atoms with Gasteiger partial charge in [-0.1, -0.05) is 19.9 Å². The van der Waals surface area contributed by atoms with Crippen LogP contribution >= 0.6 is 11.3 Å². The van der Waals surface area contributed by atoms with Gasteiger partial charge in [0.15, 0.2) is 4.90 Å². The summed E-state index contributed by atoms with van der Waals surface area (Å²) in [6, 6.07) is 7.28. The van der Waals surface area contributed by atoms with Gasteiger partial charge in [-0.25, -0.2) is 36.5 Å². The number of benzene rings is 2. The first-order chi connectivity index (χ1) is 18.2. The zero-order valence-corrected chi connectivity index (χ0v) is 21.8. The molecule has 4 rings (SSSR count). The number of hydrogen-bond acceptors (Lipinski definition) is 7. The van der Waals surface area contributed by atoms with Gasteiger partial charge < -0.3 is 5.32 Å². The third kappa shape index (κ3) is 6.47. The molecule has 2 aromatic heterocycles. The van der Waals surface area contributed by atoms with Crippen LogP contribution in [0.3, 0.4) is 0 Å². The van der Waals surface area contributed by atoms with E-state index < -0.39 is 50.8 Å². The summed E-state index contributed by atoms with van der Waals surface area (Å²) in [6.45, 7) is 2.36. The van der Waals surface area contributed by atoms with Gasteiger partial charge in [0, 0.05) is 17.7 Å². The van der Waals surface area contributed by atoms with Crippen LogP contribution in [0, 0.1) is 17.5 Å². The molecule has 0 aliphatic carbocycles. The minimum atomic E-state index is -4.87. The standard InChI is InChI=1S/C24H19F6N5O2S2/c1-12(2)22-34-19(20(38-22)17-8-9-31-23(33-17)32-11-24(28,29)30)13-6-7-14(25)18(10-13)35-39(36,37)21-15(26)4-3-5-16(21)27/h3-10,12,35H,11H2,1-2H3,(H,31,32,33). The van der Waals surface area contributed by atoms with Gasteiger partial charge in [-0.2, -0.15) is 13.2 Å². The fraction of sp³-hybridized carbons (Fsp3) is 0.208. The summed E-state index contributed by atoms with van der Waals surface area (Å²) in [4.78, 5) is 11.6. The van der Waals surface area contributed by atoms with E-state index in [-0.39, 0.29) is 28.8 Å². The van der Waals surface area contributed by atoms with Crippen LogP contribution in [0.25, 0.3) is 21.8 Å². The quantitative estimate of drug-likeness (QED) is 0.226. The summed E-state index contributed by atoms with van der Waals surface area (Å²) in [5.41, 5.74) is 0.0655. The van der Waals surface area contributed by atoms with Crippen molar-refractivity contribution in [2.45, 2.75) is 30.8 Å². The van der Waals surface area contributed by atoms with E-state index in [9.17, 15) is 34.8 Å². The molecule has 0 aliphatic rings. The summed E-state index contributed by atoms with van der Waals surface area (Å²) in [7, 11) is -4.87. The van der Waals surface area contributed by atoms with Gasteiger partial charge in [-0.3, -0.25) is 4.72 Å². The number of nitrogens with one attached hydrogen (secondary N) is 2. The molecule has 15 heteroatoms. The first-order valence-electron chi connectivity index (χ1n) is 11.2.